The molecule has 2 heterocycles. The summed E-state index contributed by atoms with van der Waals surface area (Å²) in [5.74, 6) is -0.107. The van der Waals surface area contributed by atoms with Crippen molar-refractivity contribution in [2.45, 2.75) is 43.9 Å². The normalized spacial score (nSPS) is 28.3. The number of imide groups is 2. The fraction of sp³-hybridized carbons (Fsp3) is 0.312. The van der Waals surface area contributed by atoms with E-state index in [-0.39, 0.29) is 16.6 Å². The number of urea groups is 1. The minimum Gasteiger partial charge on any atom is -0.478 e. The Kier molecular flexibility index (Phi) is 5.56. The van der Waals surface area contributed by atoms with Gasteiger partial charge in [0.15, 0.2) is 0 Å². The summed E-state index contributed by atoms with van der Waals surface area (Å²) in [4.78, 5) is 51.6. The topological polar surface area (TPSA) is 109 Å². The molecule has 0 spiro atoms. The Hall–Kier alpha value is -4.46. The van der Waals surface area contributed by atoms with Crippen LogP contribution >= 0.6 is 0 Å². The summed E-state index contributed by atoms with van der Waals surface area (Å²) in [5, 5.41) is 11.7. The van der Waals surface area contributed by atoms with Crippen molar-refractivity contribution in [3.8, 4) is 5.69 Å². The molecule has 0 radical (unpaired) electrons. The van der Waals surface area contributed by atoms with Crippen LogP contribution in [0.1, 0.15) is 60.1 Å². The van der Waals surface area contributed by atoms with E-state index in [1.165, 1.54) is 62.3 Å². The second kappa shape index (κ2) is 9.05. The van der Waals surface area contributed by atoms with Crippen LogP contribution in [-0.2, 0) is 15.0 Å². The Labute approximate surface area is 231 Å². The lowest BCUT2D eigenvalue weighted by Gasteiger charge is -2.57. The van der Waals surface area contributed by atoms with Gasteiger partial charge in [0, 0.05) is 17.6 Å². The lowest BCUT2D eigenvalue weighted by molar-refractivity contribution is -0.122. The molecule has 2 aromatic carbocycles. The van der Waals surface area contributed by atoms with Crippen LogP contribution in [0, 0.1) is 17.8 Å². The predicted octanol–water partition coefficient (Wildman–Crippen LogP) is 5.31. The number of nitrogens with zero attached hydrogens (tertiary/aromatic N) is 2. The zero-order valence-electron chi connectivity index (χ0n) is 21.9. The van der Waals surface area contributed by atoms with Crippen molar-refractivity contribution in [3.05, 3.63) is 89.3 Å². The number of carboxylic acid groups (broad SMARTS) is 1. The molecule has 1 saturated heterocycles. The predicted molar refractivity (Wildman–Crippen MR) is 148 cm³/mol. The number of nitrogens with one attached hydrogen (secondary N) is 1. The number of anilines is 1. The molecule has 1 aliphatic heterocycles. The SMILES string of the molecule is O=C1NC(=O)N(c2ccc(C34CC5CC(CC(C5)C3)C4)cc2)C(=O)/C1=C\c1cccn1-c1cccc(C(=O)O)c1. The standard InChI is InChI=1S/C32H29N3O5/c36-28-27(15-26-5-2-10-34(26)25-4-1-3-22(14-25)30(38)39)29(37)35(31(40)33-28)24-8-6-23(7-9-24)32-16-19-11-20(17-32)13-21(12-19)18-32/h1-10,14-15,19-21H,11-13,16-18H2,(H,38,39)(H,33,36,40)/b27-15-. The monoisotopic (exact) mass is 535 g/mol. The zero-order valence-corrected chi connectivity index (χ0v) is 21.9. The molecule has 2 N–H and O–H groups in total. The molecule has 40 heavy (non-hydrogen) atoms. The van der Waals surface area contributed by atoms with Gasteiger partial charge in [-0.15, -0.1) is 0 Å². The Balaban J connectivity index is 1.18. The van der Waals surface area contributed by atoms with Crippen LogP contribution in [0.2, 0.25) is 0 Å². The highest BCUT2D eigenvalue weighted by Crippen LogP contribution is 2.60. The van der Waals surface area contributed by atoms with E-state index in [4.69, 9.17) is 0 Å². The van der Waals surface area contributed by atoms with E-state index in [2.05, 4.69) is 17.4 Å². The van der Waals surface area contributed by atoms with Crippen molar-refractivity contribution in [1.29, 1.82) is 0 Å². The molecule has 5 aliphatic rings. The molecule has 8 rings (SSSR count). The molecule has 202 valence electrons. The van der Waals surface area contributed by atoms with Gasteiger partial charge in [0.1, 0.15) is 5.57 Å². The van der Waals surface area contributed by atoms with Crippen molar-refractivity contribution in [2.24, 2.45) is 17.8 Å². The maximum atomic E-state index is 13.6. The summed E-state index contributed by atoms with van der Waals surface area (Å²) in [5.41, 5.74) is 2.89. The number of barbiturate groups is 1. The van der Waals surface area contributed by atoms with Crippen LogP contribution in [0.5, 0.6) is 0 Å². The third-order valence-electron chi connectivity index (χ3n) is 9.32. The van der Waals surface area contributed by atoms with Gasteiger partial charge in [0.2, 0.25) is 0 Å². The van der Waals surface area contributed by atoms with Gasteiger partial charge >= 0.3 is 12.0 Å². The van der Waals surface area contributed by atoms with Crippen LogP contribution in [0.25, 0.3) is 11.8 Å². The highest BCUT2D eigenvalue weighted by atomic mass is 16.4. The molecule has 4 aliphatic carbocycles. The van der Waals surface area contributed by atoms with Crippen LogP contribution in [0.15, 0.2) is 72.4 Å². The molecule has 5 fully saturated rings. The van der Waals surface area contributed by atoms with Crippen molar-refractivity contribution in [2.75, 3.05) is 4.90 Å². The summed E-state index contributed by atoms with van der Waals surface area (Å²) in [6, 6.07) is 16.8. The largest absolute Gasteiger partial charge is 0.478 e. The molecule has 4 saturated carbocycles. The number of rotatable bonds is 5. The lowest BCUT2D eigenvalue weighted by Crippen LogP contribution is -2.54. The van der Waals surface area contributed by atoms with Gasteiger partial charge in [-0.25, -0.2) is 14.5 Å². The molecule has 0 unspecified atom stereocenters. The first-order chi connectivity index (χ1) is 19.3. The lowest BCUT2D eigenvalue weighted by atomic mass is 9.48. The summed E-state index contributed by atoms with van der Waals surface area (Å²) in [7, 11) is 0. The van der Waals surface area contributed by atoms with Gasteiger partial charge in [0.25, 0.3) is 11.8 Å². The van der Waals surface area contributed by atoms with Gasteiger partial charge in [-0.1, -0.05) is 18.2 Å². The first kappa shape index (κ1) is 24.6. The first-order valence-electron chi connectivity index (χ1n) is 13.8. The number of hydrogen-bond acceptors (Lipinski definition) is 4. The average Bonchev–Trinajstić information content (AvgIpc) is 3.39. The van der Waals surface area contributed by atoms with Crippen LogP contribution in [0.4, 0.5) is 10.5 Å². The molecular weight excluding hydrogens is 506 g/mol. The quantitative estimate of drug-likeness (QED) is 0.340. The van der Waals surface area contributed by atoms with E-state index in [0.717, 1.165) is 22.7 Å². The molecule has 4 bridgehead atoms. The number of benzene rings is 2. The number of aromatic nitrogens is 1. The number of amides is 4. The van der Waals surface area contributed by atoms with Crippen molar-refractivity contribution in [1.82, 2.24) is 9.88 Å². The molecular formula is C32H29N3O5. The van der Waals surface area contributed by atoms with Gasteiger partial charge in [-0.2, -0.15) is 0 Å². The van der Waals surface area contributed by atoms with Crippen LogP contribution in [0.3, 0.4) is 0 Å². The highest BCUT2D eigenvalue weighted by Gasteiger charge is 2.51. The number of aromatic carboxylic acids is 1. The maximum Gasteiger partial charge on any atom is 0.335 e. The van der Waals surface area contributed by atoms with Crippen molar-refractivity contribution in [3.63, 3.8) is 0 Å². The van der Waals surface area contributed by atoms with Gasteiger partial charge in [0.05, 0.1) is 11.3 Å². The zero-order chi connectivity index (χ0) is 27.6. The fourth-order valence-corrected chi connectivity index (χ4v) is 8.00. The number of carbonyl (C=O) groups is 4. The van der Waals surface area contributed by atoms with E-state index in [1.54, 1.807) is 35.0 Å². The van der Waals surface area contributed by atoms with Gasteiger partial charge in [-0.05, 0) is 116 Å². The Morgan fingerprint density at radius 1 is 0.875 bits per heavy atom. The number of hydrogen-bond donors (Lipinski definition) is 2. The van der Waals surface area contributed by atoms with E-state index in [1.807, 2.05) is 12.1 Å². The third-order valence-corrected chi connectivity index (χ3v) is 9.32. The molecule has 4 amide bonds. The average molecular weight is 536 g/mol. The summed E-state index contributed by atoms with van der Waals surface area (Å²) >= 11 is 0. The highest BCUT2D eigenvalue weighted by molar-refractivity contribution is 6.39. The van der Waals surface area contributed by atoms with E-state index >= 15 is 0 Å². The Morgan fingerprint density at radius 3 is 2.20 bits per heavy atom. The molecule has 8 heteroatoms. The maximum absolute atomic E-state index is 13.6. The summed E-state index contributed by atoms with van der Waals surface area (Å²) in [6.07, 6.45) is 10.9. The van der Waals surface area contributed by atoms with E-state index < -0.39 is 23.8 Å². The molecule has 3 aromatic rings. The molecule has 8 nitrogen and oxygen atoms in total. The van der Waals surface area contributed by atoms with Crippen LogP contribution in [-0.4, -0.2) is 33.5 Å². The molecule has 0 atom stereocenters. The van der Waals surface area contributed by atoms with E-state index in [9.17, 15) is 24.3 Å². The molecule has 1 aromatic heterocycles. The minimum absolute atomic E-state index is 0.116. The van der Waals surface area contributed by atoms with E-state index in [0.29, 0.717) is 17.1 Å². The van der Waals surface area contributed by atoms with Crippen molar-refractivity contribution >= 4 is 35.6 Å². The smallest absolute Gasteiger partial charge is 0.335 e. The third kappa shape index (κ3) is 3.97. The second-order valence-electron chi connectivity index (χ2n) is 11.9. The van der Waals surface area contributed by atoms with Gasteiger partial charge < -0.3 is 9.67 Å². The van der Waals surface area contributed by atoms with Crippen LogP contribution < -0.4 is 10.2 Å². The fourth-order valence-electron chi connectivity index (χ4n) is 8.00. The number of carboxylic acids is 1. The summed E-state index contributed by atoms with van der Waals surface area (Å²) < 4.78 is 1.68. The Morgan fingerprint density at radius 2 is 1.55 bits per heavy atom. The number of carbonyl (C=O) groups excluding carboxylic acids is 3. The second-order valence-corrected chi connectivity index (χ2v) is 11.9. The van der Waals surface area contributed by atoms with Crippen molar-refractivity contribution < 1.29 is 24.3 Å². The van der Waals surface area contributed by atoms with Gasteiger partial charge in [-0.3, -0.25) is 14.9 Å². The summed E-state index contributed by atoms with van der Waals surface area (Å²) in [6.45, 7) is 0. The first-order valence-corrected chi connectivity index (χ1v) is 13.8. The Bertz CT molecular complexity index is 1560. The minimum atomic E-state index is -1.06.